The van der Waals surface area contributed by atoms with E-state index in [1.54, 1.807) is 0 Å². The Labute approximate surface area is 98.5 Å². The molecule has 1 rings (SSSR count). The first-order chi connectivity index (χ1) is 7.33. The van der Waals surface area contributed by atoms with Crippen LogP contribution in [0.25, 0.3) is 0 Å². The number of nitrogens with one attached hydrogen (secondary N) is 1. The first-order valence-electron chi connectivity index (χ1n) is 5.93. The van der Waals surface area contributed by atoms with Crippen LogP contribution in [0.2, 0.25) is 0 Å². The highest BCUT2D eigenvalue weighted by Crippen LogP contribution is 2.09. The largest absolute Gasteiger partial charge is 0.313 e. The lowest BCUT2D eigenvalue weighted by Gasteiger charge is -2.16. The van der Waals surface area contributed by atoms with E-state index < -0.39 is 0 Å². The number of nitrogens with zero attached hydrogens (tertiary/aromatic N) is 1. The van der Waals surface area contributed by atoms with Crippen molar-refractivity contribution in [1.29, 1.82) is 0 Å². The fourth-order valence-electron chi connectivity index (χ4n) is 1.95. The van der Waals surface area contributed by atoms with Gasteiger partial charge in [-0.05, 0) is 39.4 Å². The van der Waals surface area contributed by atoms with Crippen molar-refractivity contribution in [2.45, 2.75) is 25.3 Å². The molecule has 0 spiro atoms. The van der Waals surface area contributed by atoms with Gasteiger partial charge in [-0.2, -0.15) is 11.8 Å². The Kier molecular flexibility index (Phi) is 7.14. The average molecular weight is 228 g/mol. The van der Waals surface area contributed by atoms with Crippen LogP contribution >= 0.6 is 11.8 Å². The van der Waals surface area contributed by atoms with Crippen LogP contribution in [0.4, 0.5) is 0 Å². The molecule has 1 saturated heterocycles. The molecule has 0 aromatic carbocycles. The molecule has 1 unspecified atom stereocenters. The molecule has 3 heteroatoms. The van der Waals surface area contributed by atoms with E-state index in [4.69, 9.17) is 0 Å². The molecule has 2 nitrogen and oxygen atoms in total. The van der Waals surface area contributed by atoms with Crippen LogP contribution in [0.5, 0.6) is 0 Å². The van der Waals surface area contributed by atoms with Gasteiger partial charge in [0.1, 0.15) is 0 Å². The van der Waals surface area contributed by atoms with Gasteiger partial charge in [0, 0.05) is 24.1 Å². The van der Waals surface area contributed by atoms with Crippen LogP contribution in [-0.4, -0.2) is 49.1 Å². The van der Waals surface area contributed by atoms with Crippen molar-refractivity contribution in [3.8, 4) is 0 Å². The second kappa shape index (κ2) is 8.20. The van der Waals surface area contributed by atoms with Gasteiger partial charge in [0.05, 0.1) is 0 Å². The van der Waals surface area contributed by atoms with E-state index in [-0.39, 0.29) is 0 Å². The average Bonchev–Trinajstić information content (AvgIpc) is 2.43. The molecule has 1 atom stereocenters. The van der Waals surface area contributed by atoms with E-state index in [9.17, 15) is 0 Å². The molecule has 15 heavy (non-hydrogen) atoms. The Morgan fingerprint density at radius 2 is 2.33 bits per heavy atom. The summed E-state index contributed by atoms with van der Waals surface area (Å²) in [5, 5.41) is 3.66. The molecule has 0 aromatic rings. The smallest absolute Gasteiger partial charge is 0.0111 e. The summed E-state index contributed by atoms with van der Waals surface area (Å²) < 4.78 is 0. The molecule has 0 aromatic heterocycles. The lowest BCUT2D eigenvalue weighted by atomic mass is 10.1. The quantitative estimate of drug-likeness (QED) is 0.553. The van der Waals surface area contributed by atoms with Crippen molar-refractivity contribution < 1.29 is 0 Å². The van der Waals surface area contributed by atoms with E-state index in [0.717, 1.165) is 18.3 Å². The van der Waals surface area contributed by atoms with Gasteiger partial charge in [0.2, 0.25) is 0 Å². The summed E-state index contributed by atoms with van der Waals surface area (Å²) in [5.41, 5.74) is 0. The third-order valence-electron chi connectivity index (χ3n) is 2.87. The zero-order valence-electron chi connectivity index (χ0n) is 9.87. The van der Waals surface area contributed by atoms with Crippen molar-refractivity contribution >= 4 is 11.8 Å². The third-order valence-corrected chi connectivity index (χ3v) is 3.83. The zero-order chi connectivity index (χ0) is 10.9. The highest BCUT2D eigenvalue weighted by atomic mass is 32.2. The zero-order valence-corrected chi connectivity index (χ0v) is 10.7. The van der Waals surface area contributed by atoms with Crippen molar-refractivity contribution in [3.05, 3.63) is 12.7 Å². The van der Waals surface area contributed by atoms with Crippen LogP contribution < -0.4 is 5.32 Å². The van der Waals surface area contributed by atoms with Crippen LogP contribution in [0.15, 0.2) is 12.7 Å². The highest BCUT2D eigenvalue weighted by molar-refractivity contribution is 7.99. The maximum atomic E-state index is 3.72. The van der Waals surface area contributed by atoms with Crippen molar-refractivity contribution in [1.82, 2.24) is 10.2 Å². The number of likely N-dealkylation sites (tertiary alicyclic amines) is 1. The van der Waals surface area contributed by atoms with Crippen LogP contribution in [0.3, 0.4) is 0 Å². The molecule has 1 fully saturated rings. The normalized spacial score (nSPS) is 23.7. The predicted molar refractivity (Wildman–Crippen MR) is 70.7 cm³/mol. The molecular weight excluding hydrogens is 204 g/mol. The number of thioether (sulfide) groups is 1. The summed E-state index contributed by atoms with van der Waals surface area (Å²) in [5.74, 6) is 2.29. The van der Waals surface area contributed by atoms with E-state index in [0.29, 0.717) is 0 Å². The Bertz CT molecular complexity index is 173. The molecule has 0 aliphatic carbocycles. The lowest BCUT2D eigenvalue weighted by Crippen LogP contribution is -2.31. The lowest BCUT2D eigenvalue weighted by molar-refractivity contribution is 0.344. The summed E-state index contributed by atoms with van der Waals surface area (Å²) in [7, 11) is 2.22. The van der Waals surface area contributed by atoms with Gasteiger partial charge in [-0.1, -0.05) is 6.08 Å². The summed E-state index contributed by atoms with van der Waals surface area (Å²) >= 11 is 1.96. The van der Waals surface area contributed by atoms with Crippen molar-refractivity contribution in [2.24, 2.45) is 0 Å². The fourth-order valence-corrected chi connectivity index (χ4v) is 2.54. The minimum Gasteiger partial charge on any atom is -0.313 e. The van der Waals surface area contributed by atoms with E-state index in [1.165, 1.54) is 38.1 Å². The standard InChI is InChI=1S/C12H24N2S/c1-3-10-15-11-7-13-12-5-4-8-14(2)9-6-12/h3,12-13H,1,4-11H2,2H3. The molecule has 0 amide bonds. The van der Waals surface area contributed by atoms with E-state index in [2.05, 4.69) is 23.8 Å². The van der Waals surface area contributed by atoms with Gasteiger partial charge in [0.15, 0.2) is 0 Å². The van der Waals surface area contributed by atoms with Crippen molar-refractivity contribution in [2.75, 3.05) is 38.2 Å². The molecule has 0 bridgehead atoms. The third kappa shape index (κ3) is 6.23. The summed E-state index contributed by atoms with van der Waals surface area (Å²) in [6.07, 6.45) is 5.97. The molecule has 1 heterocycles. The predicted octanol–water partition coefficient (Wildman–Crippen LogP) is 1.98. The summed E-state index contributed by atoms with van der Waals surface area (Å²) in [4.78, 5) is 2.44. The molecule has 0 radical (unpaired) electrons. The second-order valence-electron chi connectivity index (χ2n) is 4.25. The maximum absolute atomic E-state index is 3.72. The first kappa shape index (κ1) is 13.1. The summed E-state index contributed by atoms with van der Waals surface area (Å²) in [6.45, 7) is 7.38. The SMILES string of the molecule is C=CCSCCNC1CCCN(C)CC1. The molecule has 1 N–H and O–H groups in total. The van der Waals surface area contributed by atoms with Gasteiger partial charge in [0.25, 0.3) is 0 Å². The van der Waals surface area contributed by atoms with Crippen LogP contribution in [0.1, 0.15) is 19.3 Å². The Balaban J connectivity index is 2.02. The minimum atomic E-state index is 0.749. The maximum Gasteiger partial charge on any atom is 0.0111 e. The number of hydrogen-bond donors (Lipinski definition) is 1. The van der Waals surface area contributed by atoms with Crippen LogP contribution in [-0.2, 0) is 0 Å². The second-order valence-corrected chi connectivity index (χ2v) is 5.40. The number of rotatable bonds is 6. The number of hydrogen-bond acceptors (Lipinski definition) is 3. The van der Waals surface area contributed by atoms with Gasteiger partial charge >= 0.3 is 0 Å². The molecule has 1 aliphatic rings. The Hall–Kier alpha value is 0.01000. The first-order valence-corrected chi connectivity index (χ1v) is 7.09. The Morgan fingerprint density at radius 1 is 1.47 bits per heavy atom. The Morgan fingerprint density at radius 3 is 3.13 bits per heavy atom. The minimum absolute atomic E-state index is 0.749. The van der Waals surface area contributed by atoms with Crippen molar-refractivity contribution in [3.63, 3.8) is 0 Å². The van der Waals surface area contributed by atoms with Gasteiger partial charge in [-0.15, -0.1) is 6.58 Å². The van der Waals surface area contributed by atoms with Gasteiger partial charge in [-0.25, -0.2) is 0 Å². The highest BCUT2D eigenvalue weighted by Gasteiger charge is 2.13. The van der Waals surface area contributed by atoms with Gasteiger partial charge < -0.3 is 10.2 Å². The molecule has 88 valence electrons. The van der Waals surface area contributed by atoms with E-state index in [1.807, 2.05) is 17.8 Å². The van der Waals surface area contributed by atoms with E-state index >= 15 is 0 Å². The monoisotopic (exact) mass is 228 g/mol. The van der Waals surface area contributed by atoms with Gasteiger partial charge in [-0.3, -0.25) is 0 Å². The molecule has 0 saturated carbocycles. The fraction of sp³-hybridized carbons (Fsp3) is 0.833. The molecule has 1 aliphatic heterocycles. The molecular formula is C12H24N2S. The van der Waals surface area contributed by atoms with Crippen LogP contribution in [0, 0.1) is 0 Å². The topological polar surface area (TPSA) is 15.3 Å². The summed E-state index contributed by atoms with van der Waals surface area (Å²) in [6, 6.07) is 0.749.